The molecule has 5 nitrogen and oxygen atoms in total. The highest BCUT2D eigenvalue weighted by Gasteiger charge is 2.27. The molecule has 1 amide bonds. The van der Waals surface area contributed by atoms with Crippen molar-refractivity contribution in [3.63, 3.8) is 0 Å². The number of carbonyl (C=O) groups excluding carboxylic acids is 1. The lowest BCUT2D eigenvalue weighted by Gasteiger charge is -2.32. The van der Waals surface area contributed by atoms with E-state index in [-0.39, 0.29) is 17.4 Å². The predicted molar refractivity (Wildman–Crippen MR) is 84.4 cm³/mol. The fraction of sp³-hybridized carbons (Fsp3) is 0.333. The first-order valence-corrected chi connectivity index (χ1v) is 7.80. The van der Waals surface area contributed by atoms with Gasteiger partial charge in [0.1, 0.15) is 0 Å². The SMILES string of the molecule is O=C(O)c1ccc(C(=O)N2CCCC(Cc3ccccc3)C2)o1. The van der Waals surface area contributed by atoms with E-state index in [2.05, 4.69) is 12.1 Å². The summed E-state index contributed by atoms with van der Waals surface area (Å²) in [4.78, 5) is 25.1. The van der Waals surface area contributed by atoms with Crippen molar-refractivity contribution < 1.29 is 19.1 Å². The van der Waals surface area contributed by atoms with Gasteiger partial charge < -0.3 is 14.4 Å². The summed E-state index contributed by atoms with van der Waals surface area (Å²) in [5.74, 6) is -1.07. The summed E-state index contributed by atoms with van der Waals surface area (Å²) in [6.07, 6.45) is 3.00. The molecule has 5 heteroatoms. The van der Waals surface area contributed by atoms with Crippen molar-refractivity contribution >= 4 is 11.9 Å². The normalized spacial score (nSPS) is 17.9. The minimum absolute atomic E-state index is 0.0998. The zero-order valence-corrected chi connectivity index (χ0v) is 12.8. The number of carboxylic acid groups (broad SMARTS) is 1. The molecule has 1 atom stereocenters. The van der Waals surface area contributed by atoms with Gasteiger partial charge in [0.15, 0.2) is 5.76 Å². The molecule has 0 aliphatic carbocycles. The van der Waals surface area contributed by atoms with Gasteiger partial charge in [-0.2, -0.15) is 0 Å². The van der Waals surface area contributed by atoms with E-state index in [4.69, 9.17) is 9.52 Å². The third-order valence-corrected chi connectivity index (χ3v) is 4.20. The van der Waals surface area contributed by atoms with Crippen LogP contribution in [0.15, 0.2) is 46.9 Å². The number of aromatic carboxylic acids is 1. The topological polar surface area (TPSA) is 70.8 Å². The molecule has 1 N–H and O–H groups in total. The molecule has 1 saturated heterocycles. The lowest BCUT2D eigenvalue weighted by atomic mass is 9.91. The number of amides is 1. The number of hydrogen-bond acceptors (Lipinski definition) is 3. The highest BCUT2D eigenvalue weighted by Crippen LogP contribution is 2.22. The van der Waals surface area contributed by atoms with Crippen molar-refractivity contribution in [2.45, 2.75) is 19.3 Å². The smallest absolute Gasteiger partial charge is 0.371 e. The van der Waals surface area contributed by atoms with E-state index in [1.54, 1.807) is 4.90 Å². The summed E-state index contributed by atoms with van der Waals surface area (Å²) in [7, 11) is 0. The monoisotopic (exact) mass is 313 g/mol. The van der Waals surface area contributed by atoms with Gasteiger partial charge in [-0.3, -0.25) is 4.79 Å². The second-order valence-corrected chi connectivity index (χ2v) is 5.92. The van der Waals surface area contributed by atoms with Gasteiger partial charge in [-0.25, -0.2) is 4.79 Å². The molecular weight excluding hydrogens is 294 g/mol. The molecule has 1 fully saturated rings. The van der Waals surface area contributed by atoms with Crippen LogP contribution in [0.2, 0.25) is 0 Å². The van der Waals surface area contributed by atoms with Gasteiger partial charge in [0.25, 0.3) is 5.91 Å². The molecular formula is C18H19NO4. The number of likely N-dealkylation sites (tertiary alicyclic amines) is 1. The number of carbonyl (C=O) groups is 2. The van der Waals surface area contributed by atoms with E-state index >= 15 is 0 Å². The number of benzene rings is 1. The molecule has 1 aromatic heterocycles. The largest absolute Gasteiger partial charge is 0.475 e. The van der Waals surface area contributed by atoms with E-state index in [1.807, 2.05) is 18.2 Å². The Morgan fingerprint density at radius 1 is 1.13 bits per heavy atom. The summed E-state index contributed by atoms with van der Waals surface area (Å²) < 4.78 is 5.12. The van der Waals surface area contributed by atoms with Crippen LogP contribution in [0, 0.1) is 5.92 Å². The maximum absolute atomic E-state index is 12.5. The van der Waals surface area contributed by atoms with Crippen LogP contribution in [0.1, 0.15) is 39.5 Å². The molecule has 0 bridgehead atoms. The van der Waals surface area contributed by atoms with Crippen molar-refractivity contribution in [2.24, 2.45) is 5.92 Å². The van der Waals surface area contributed by atoms with Gasteiger partial charge in [-0.1, -0.05) is 30.3 Å². The van der Waals surface area contributed by atoms with Crippen molar-refractivity contribution in [3.8, 4) is 0 Å². The van der Waals surface area contributed by atoms with Gasteiger partial charge in [-0.05, 0) is 42.9 Å². The number of furan rings is 1. The Kier molecular flexibility index (Phi) is 4.46. The summed E-state index contributed by atoms with van der Waals surface area (Å²) in [5.41, 5.74) is 1.28. The molecule has 1 unspecified atom stereocenters. The molecule has 0 spiro atoms. The van der Waals surface area contributed by atoms with E-state index in [9.17, 15) is 9.59 Å². The molecule has 3 rings (SSSR count). The van der Waals surface area contributed by atoms with Gasteiger partial charge >= 0.3 is 5.97 Å². The zero-order chi connectivity index (χ0) is 16.2. The van der Waals surface area contributed by atoms with E-state index < -0.39 is 5.97 Å². The average molecular weight is 313 g/mol. The van der Waals surface area contributed by atoms with Gasteiger partial charge in [0.05, 0.1) is 0 Å². The predicted octanol–water partition coefficient (Wildman–Crippen LogP) is 3.07. The number of carboxylic acids is 1. The third-order valence-electron chi connectivity index (χ3n) is 4.20. The minimum atomic E-state index is -1.16. The Morgan fingerprint density at radius 2 is 1.87 bits per heavy atom. The van der Waals surface area contributed by atoms with Crippen LogP contribution < -0.4 is 0 Å². The average Bonchev–Trinajstić information content (AvgIpc) is 3.06. The number of piperidine rings is 1. The first kappa shape index (κ1) is 15.3. The zero-order valence-electron chi connectivity index (χ0n) is 12.8. The van der Waals surface area contributed by atoms with Crippen LogP contribution in [-0.4, -0.2) is 35.0 Å². The van der Waals surface area contributed by atoms with Crippen LogP contribution in [0.3, 0.4) is 0 Å². The van der Waals surface area contributed by atoms with Gasteiger partial charge in [-0.15, -0.1) is 0 Å². The molecule has 2 heterocycles. The Labute approximate surface area is 134 Å². The highest BCUT2D eigenvalue weighted by molar-refractivity contribution is 5.93. The molecule has 1 aromatic carbocycles. The second kappa shape index (κ2) is 6.69. The van der Waals surface area contributed by atoms with Crippen molar-refractivity contribution in [2.75, 3.05) is 13.1 Å². The second-order valence-electron chi connectivity index (χ2n) is 5.92. The number of nitrogens with zero attached hydrogens (tertiary/aromatic N) is 1. The Hall–Kier alpha value is -2.56. The maximum Gasteiger partial charge on any atom is 0.371 e. The van der Waals surface area contributed by atoms with E-state index in [1.165, 1.54) is 17.7 Å². The van der Waals surface area contributed by atoms with Gasteiger partial charge in [0, 0.05) is 13.1 Å². The van der Waals surface area contributed by atoms with Crippen LogP contribution in [-0.2, 0) is 6.42 Å². The molecule has 23 heavy (non-hydrogen) atoms. The van der Waals surface area contributed by atoms with Crippen molar-refractivity contribution in [1.29, 1.82) is 0 Å². The molecule has 1 aliphatic heterocycles. The molecule has 0 radical (unpaired) electrons. The maximum atomic E-state index is 12.5. The fourth-order valence-corrected chi connectivity index (χ4v) is 3.09. The van der Waals surface area contributed by atoms with E-state index in [0.717, 1.165) is 19.3 Å². The Morgan fingerprint density at radius 3 is 2.57 bits per heavy atom. The Balaban J connectivity index is 1.65. The summed E-state index contributed by atoms with van der Waals surface area (Å²) in [6.45, 7) is 1.37. The van der Waals surface area contributed by atoms with Crippen LogP contribution in [0.25, 0.3) is 0 Å². The van der Waals surface area contributed by atoms with Crippen LogP contribution in [0.5, 0.6) is 0 Å². The lowest BCUT2D eigenvalue weighted by Crippen LogP contribution is -2.40. The first-order chi connectivity index (χ1) is 11.1. The Bertz CT molecular complexity index is 692. The molecule has 0 saturated carbocycles. The third kappa shape index (κ3) is 3.62. The lowest BCUT2D eigenvalue weighted by molar-refractivity contribution is 0.0618. The van der Waals surface area contributed by atoms with Crippen molar-refractivity contribution in [3.05, 3.63) is 59.5 Å². The molecule has 2 aromatic rings. The highest BCUT2D eigenvalue weighted by atomic mass is 16.4. The number of rotatable bonds is 4. The van der Waals surface area contributed by atoms with Crippen LogP contribution >= 0.6 is 0 Å². The summed E-state index contributed by atoms with van der Waals surface area (Å²) in [5, 5.41) is 8.88. The molecule has 120 valence electrons. The fourth-order valence-electron chi connectivity index (χ4n) is 3.09. The summed E-state index contributed by atoms with van der Waals surface area (Å²) >= 11 is 0. The minimum Gasteiger partial charge on any atom is -0.475 e. The quantitative estimate of drug-likeness (QED) is 0.941. The standard InChI is InChI=1S/C18H19NO4/c20-17(15-8-9-16(23-15)18(21)22)19-10-4-7-14(12-19)11-13-5-2-1-3-6-13/h1-3,5-6,8-9,14H,4,7,10-12H2,(H,21,22). The van der Waals surface area contributed by atoms with Crippen LogP contribution in [0.4, 0.5) is 0 Å². The van der Waals surface area contributed by atoms with E-state index in [0.29, 0.717) is 19.0 Å². The first-order valence-electron chi connectivity index (χ1n) is 7.80. The van der Waals surface area contributed by atoms with Crippen molar-refractivity contribution in [1.82, 2.24) is 4.90 Å². The summed E-state index contributed by atoms with van der Waals surface area (Å²) in [6, 6.07) is 13.0. The number of hydrogen-bond donors (Lipinski definition) is 1. The molecule has 1 aliphatic rings. The van der Waals surface area contributed by atoms with Gasteiger partial charge in [0.2, 0.25) is 5.76 Å².